The Morgan fingerprint density at radius 3 is 1.14 bits per heavy atom. The van der Waals surface area contributed by atoms with Crippen LogP contribution in [0.15, 0.2) is 12.2 Å². The number of ether oxygens (including phenoxy) is 4. The summed E-state index contributed by atoms with van der Waals surface area (Å²) in [5.74, 6) is -0.305. The van der Waals surface area contributed by atoms with Crippen LogP contribution in [0.4, 0.5) is 0 Å². The van der Waals surface area contributed by atoms with Crippen molar-refractivity contribution in [1.82, 2.24) is 0 Å². The molecule has 71 heavy (non-hydrogen) atoms. The van der Waals surface area contributed by atoms with Crippen molar-refractivity contribution in [3.8, 4) is 0 Å². The lowest BCUT2D eigenvalue weighted by Crippen LogP contribution is -2.59. The molecule has 1 rings (SSSR count). The quantitative estimate of drug-likeness (QED) is 0.0267. The Kier molecular flexibility index (Phi) is 51.4. The first kappa shape index (κ1) is 67.9. The molecule has 6 unspecified atom stereocenters. The molecule has 0 aromatic carbocycles. The highest BCUT2D eigenvalue weighted by molar-refractivity contribution is 5.69. The molecule has 0 saturated carbocycles. The molecular formula is C62H120O9. The topological polar surface area (TPSA) is 135 Å². The number of hydrogen-bond acceptors (Lipinski definition) is 9. The van der Waals surface area contributed by atoms with Gasteiger partial charge in [0, 0.05) is 13.0 Å². The van der Waals surface area contributed by atoms with E-state index in [0.717, 1.165) is 32.1 Å². The molecular weight excluding hydrogens is 889 g/mol. The van der Waals surface area contributed by atoms with Crippen molar-refractivity contribution in [2.24, 2.45) is 0 Å². The molecule has 1 fully saturated rings. The highest BCUT2D eigenvalue weighted by Gasteiger charge is 2.44. The average molecular weight is 1010 g/mol. The molecule has 4 N–H and O–H groups in total. The van der Waals surface area contributed by atoms with E-state index in [4.69, 9.17) is 18.9 Å². The highest BCUT2D eigenvalue weighted by atomic mass is 16.7. The van der Waals surface area contributed by atoms with E-state index < -0.39 is 43.4 Å². The second-order valence-electron chi connectivity index (χ2n) is 21.9. The first-order chi connectivity index (χ1) is 34.9. The molecule has 422 valence electrons. The summed E-state index contributed by atoms with van der Waals surface area (Å²) in [6.45, 7) is 4.64. The third-order valence-electron chi connectivity index (χ3n) is 14.9. The lowest BCUT2D eigenvalue weighted by Gasteiger charge is -2.39. The smallest absolute Gasteiger partial charge is 0.306 e. The summed E-state index contributed by atoms with van der Waals surface area (Å²) < 4.78 is 23.0. The number of allylic oxidation sites excluding steroid dienone is 2. The first-order valence-electron chi connectivity index (χ1n) is 31.3. The van der Waals surface area contributed by atoms with Crippen molar-refractivity contribution < 1.29 is 44.2 Å². The van der Waals surface area contributed by atoms with Crippen LogP contribution in [0.1, 0.15) is 316 Å². The van der Waals surface area contributed by atoms with Gasteiger partial charge < -0.3 is 39.4 Å². The molecule has 0 spiro atoms. The van der Waals surface area contributed by atoms with Crippen LogP contribution in [0.25, 0.3) is 0 Å². The monoisotopic (exact) mass is 1010 g/mol. The van der Waals surface area contributed by atoms with Crippen molar-refractivity contribution >= 4 is 5.97 Å². The Balaban J connectivity index is 2.10. The standard InChI is InChI=1S/C62H120O9/c1-3-5-7-9-11-13-15-17-19-21-23-25-27-28-29-31-33-35-37-39-41-43-45-47-49-51-58(64)70-56(55-69-62-61(67)60(66)59(65)57(53-63)71-62)54-68-52-50-48-46-44-42-40-38-36-34-32-30-26-24-22-20-18-16-14-12-10-8-6-4-2/h21,23,56-57,59-63,65-67H,3-20,22,24-55H2,1-2H3/b23-21-. The van der Waals surface area contributed by atoms with Gasteiger partial charge in [0.15, 0.2) is 6.29 Å². The average Bonchev–Trinajstić information content (AvgIpc) is 3.37. The number of esters is 1. The van der Waals surface area contributed by atoms with Gasteiger partial charge in [0.1, 0.15) is 30.5 Å². The second-order valence-corrected chi connectivity index (χ2v) is 21.9. The summed E-state index contributed by atoms with van der Waals surface area (Å²) in [6.07, 6.45) is 58.5. The molecule has 0 radical (unpaired) electrons. The minimum atomic E-state index is -1.53. The van der Waals surface area contributed by atoms with E-state index >= 15 is 0 Å². The summed E-state index contributed by atoms with van der Waals surface area (Å²) in [5, 5.41) is 40.4. The van der Waals surface area contributed by atoms with Crippen LogP contribution in [0.5, 0.6) is 0 Å². The molecule has 9 nitrogen and oxygen atoms in total. The van der Waals surface area contributed by atoms with E-state index in [1.54, 1.807) is 0 Å². The zero-order valence-electron chi connectivity index (χ0n) is 47.0. The summed E-state index contributed by atoms with van der Waals surface area (Å²) in [7, 11) is 0. The summed E-state index contributed by atoms with van der Waals surface area (Å²) in [6, 6.07) is 0. The van der Waals surface area contributed by atoms with Crippen LogP contribution >= 0.6 is 0 Å². The number of hydrogen-bond donors (Lipinski definition) is 4. The van der Waals surface area contributed by atoms with E-state index in [9.17, 15) is 25.2 Å². The van der Waals surface area contributed by atoms with E-state index in [2.05, 4.69) is 26.0 Å². The molecule has 1 saturated heterocycles. The molecule has 9 heteroatoms. The Morgan fingerprint density at radius 1 is 0.437 bits per heavy atom. The van der Waals surface area contributed by atoms with E-state index in [1.807, 2.05) is 0 Å². The van der Waals surface area contributed by atoms with Crippen molar-refractivity contribution in [3.05, 3.63) is 12.2 Å². The zero-order valence-corrected chi connectivity index (χ0v) is 47.0. The number of carbonyl (C=O) groups is 1. The molecule has 0 bridgehead atoms. The van der Waals surface area contributed by atoms with Gasteiger partial charge in [-0.15, -0.1) is 0 Å². The summed E-state index contributed by atoms with van der Waals surface area (Å²) in [4.78, 5) is 12.9. The maximum Gasteiger partial charge on any atom is 0.306 e. The van der Waals surface area contributed by atoms with Gasteiger partial charge in [-0.2, -0.15) is 0 Å². The Bertz CT molecular complexity index is 1100. The SMILES string of the molecule is CCCCCCCCCC/C=C\CCCCCCCCCCCCCCCC(=O)OC(COCCCCCCCCCCCCCCCCCCCCCCCCC)COC1OC(CO)C(O)C(O)C1O. The summed E-state index contributed by atoms with van der Waals surface area (Å²) in [5.41, 5.74) is 0. The molecule has 1 aliphatic rings. The second kappa shape index (κ2) is 53.7. The zero-order chi connectivity index (χ0) is 51.3. The van der Waals surface area contributed by atoms with Crippen molar-refractivity contribution in [1.29, 1.82) is 0 Å². The maximum absolute atomic E-state index is 12.9. The highest BCUT2D eigenvalue weighted by Crippen LogP contribution is 2.23. The fraction of sp³-hybridized carbons (Fsp3) is 0.952. The third-order valence-corrected chi connectivity index (χ3v) is 14.9. The van der Waals surface area contributed by atoms with Crippen LogP contribution in [0.2, 0.25) is 0 Å². The van der Waals surface area contributed by atoms with Gasteiger partial charge >= 0.3 is 5.97 Å². The molecule has 0 aromatic heterocycles. The molecule has 1 heterocycles. The fourth-order valence-electron chi connectivity index (χ4n) is 10.1. The van der Waals surface area contributed by atoms with Gasteiger partial charge in [-0.05, 0) is 38.5 Å². The Morgan fingerprint density at radius 2 is 0.775 bits per heavy atom. The van der Waals surface area contributed by atoms with Gasteiger partial charge in [0.05, 0.1) is 19.8 Å². The largest absolute Gasteiger partial charge is 0.457 e. The van der Waals surface area contributed by atoms with Gasteiger partial charge in [0.25, 0.3) is 0 Å². The third kappa shape index (κ3) is 43.8. The van der Waals surface area contributed by atoms with Gasteiger partial charge in [-0.1, -0.05) is 283 Å². The number of aliphatic hydroxyl groups excluding tert-OH is 4. The minimum Gasteiger partial charge on any atom is -0.457 e. The van der Waals surface area contributed by atoms with Crippen molar-refractivity contribution in [3.63, 3.8) is 0 Å². The predicted octanol–water partition coefficient (Wildman–Crippen LogP) is 16.7. The van der Waals surface area contributed by atoms with Crippen LogP contribution in [-0.2, 0) is 23.7 Å². The van der Waals surface area contributed by atoms with Gasteiger partial charge in [-0.3, -0.25) is 4.79 Å². The summed E-state index contributed by atoms with van der Waals surface area (Å²) >= 11 is 0. The van der Waals surface area contributed by atoms with Crippen LogP contribution in [0.3, 0.4) is 0 Å². The molecule has 0 amide bonds. The lowest BCUT2D eigenvalue weighted by atomic mass is 9.99. The molecule has 1 aliphatic heterocycles. The number of unbranched alkanes of at least 4 members (excludes halogenated alkanes) is 43. The molecule has 0 aromatic rings. The normalized spacial score (nSPS) is 18.8. The van der Waals surface area contributed by atoms with Crippen molar-refractivity contribution in [2.45, 2.75) is 352 Å². The van der Waals surface area contributed by atoms with Gasteiger partial charge in [0.2, 0.25) is 0 Å². The minimum absolute atomic E-state index is 0.106. The fourth-order valence-corrected chi connectivity index (χ4v) is 10.1. The van der Waals surface area contributed by atoms with Gasteiger partial charge in [-0.25, -0.2) is 0 Å². The first-order valence-corrected chi connectivity index (χ1v) is 31.3. The molecule has 6 atom stereocenters. The maximum atomic E-state index is 12.9. The van der Waals surface area contributed by atoms with Crippen LogP contribution < -0.4 is 0 Å². The Hall–Kier alpha value is -1.07. The van der Waals surface area contributed by atoms with Crippen molar-refractivity contribution in [2.75, 3.05) is 26.4 Å². The lowest BCUT2D eigenvalue weighted by molar-refractivity contribution is -0.305. The Labute approximate surface area is 439 Å². The number of carbonyl (C=O) groups excluding carboxylic acids is 1. The molecule has 0 aliphatic carbocycles. The van der Waals surface area contributed by atoms with Crippen LogP contribution in [0, 0.1) is 0 Å². The predicted molar refractivity (Wildman–Crippen MR) is 298 cm³/mol. The van der Waals surface area contributed by atoms with Crippen LogP contribution in [-0.4, -0.2) is 89.6 Å². The number of rotatable bonds is 56. The van der Waals surface area contributed by atoms with E-state index in [0.29, 0.717) is 13.0 Å². The van der Waals surface area contributed by atoms with E-state index in [-0.39, 0.29) is 19.2 Å². The number of aliphatic hydroxyl groups is 4. The van der Waals surface area contributed by atoms with E-state index in [1.165, 1.54) is 263 Å².